The molecule has 100 valence electrons. The summed E-state index contributed by atoms with van der Waals surface area (Å²) in [5, 5.41) is 3.40. The summed E-state index contributed by atoms with van der Waals surface area (Å²) in [6.07, 6.45) is 0.914. The normalized spacial score (nSPS) is 11.9. The molecule has 1 atom stereocenters. The highest BCUT2D eigenvalue weighted by atomic mass is 19.1. The van der Waals surface area contributed by atoms with Gasteiger partial charge in [0.2, 0.25) is 0 Å². The number of ether oxygens (including phenoxy) is 1. The molecule has 1 unspecified atom stereocenters. The Morgan fingerprint density at radius 1 is 1.11 bits per heavy atom. The first-order valence-corrected chi connectivity index (χ1v) is 6.39. The van der Waals surface area contributed by atoms with E-state index in [0.717, 1.165) is 23.4 Å². The minimum Gasteiger partial charge on any atom is -0.496 e. The molecule has 0 saturated heterocycles. The highest BCUT2D eigenvalue weighted by molar-refractivity contribution is 5.47. The lowest BCUT2D eigenvalue weighted by Crippen LogP contribution is -2.10. The second-order valence-corrected chi connectivity index (χ2v) is 4.35. The Hall–Kier alpha value is -2.03. The maximum absolute atomic E-state index is 12.9. The Labute approximate surface area is 113 Å². The zero-order valence-electron chi connectivity index (χ0n) is 11.2. The fourth-order valence-electron chi connectivity index (χ4n) is 2.10. The van der Waals surface area contributed by atoms with E-state index in [9.17, 15) is 4.39 Å². The number of benzene rings is 2. The molecule has 0 fully saturated rings. The Balaban J connectivity index is 2.22. The molecule has 0 aliphatic carbocycles. The van der Waals surface area contributed by atoms with E-state index in [-0.39, 0.29) is 11.9 Å². The molecule has 0 bridgehead atoms. The van der Waals surface area contributed by atoms with E-state index in [1.54, 1.807) is 19.2 Å². The molecule has 3 heteroatoms. The molecule has 0 saturated carbocycles. The van der Waals surface area contributed by atoms with Gasteiger partial charge >= 0.3 is 0 Å². The number of anilines is 1. The van der Waals surface area contributed by atoms with Gasteiger partial charge in [-0.15, -0.1) is 0 Å². The van der Waals surface area contributed by atoms with Crippen molar-refractivity contribution in [3.05, 3.63) is 59.9 Å². The van der Waals surface area contributed by atoms with E-state index in [0.29, 0.717) is 0 Å². The molecule has 2 nitrogen and oxygen atoms in total. The lowest BCUT2D eigenvalue weighted by Gasteiger charge is -2.21. The molecule has 0 amide bonds. The van der Waals surface area contributed by atoms with Crippen molar-refractivity contribution < 1.29 is 9.13 Å². The fraction of sp³-hybridized carbons (Fsp3) is 0.250. The second-order valence-electron chi connectivity index (χ2n) is 4.35. The van der Waals surface area contributed by atoms with E-state index in [4.69, 9.17) is 4.74 Å². The van der Waals surface area contributed by atoms with Crippen molar-refractivity contribution in [2.75, 3.05) is 12.4 Å². The Kier molecular flexibility index (Phi) is 4.39. The number of para-hydroxylation sites is 1. The average molecular weight is 259 g/mol. The van der Waals surface area contributed by atoms with Gasteiger partial charge in [-0.1, -0.05) is 25.1 Å². The largest absolute Gasteiger partial charge is 0.496 e. The summed E-state index contributed by atoms with van der Waals surface area (Å²) in [6.45, 7) is 2.10. The van der Waals surface area contributed by atoms with Crippen LogP contribution >= 0.6 is 0 Å². The molecular formula is C16H18FNO. The predicted molar refractivity (Wildman–Crippen MR) is 76.0 cm³/mol. The molecular weight excluding hydrogens is 241 g/mol. The molecule has 0 aliphatic rings. The van der Waals surface area contributed by atoms with Crippen molar-refractivity contribution in [1.29, 1.82) is 0 Å². The van der Waals surface area contributed by atoms with Crippen molar-refractivity contribution in [2.45, 2.75) is 19.4 Å². The standard InChI is InChI=1S/C16H18FNO/c1-3-15(14-6-4-5-7-16(14)19-2)18-13-10-8-12(17)9-11-13/h4-11,15,18H,3H2,1-2H3. The third-order valence-corrected chi connectivity index (χ3v) is 3.11. The van der Waals surface area contributed by atoms with Crippen LogP contribution in [0, 0.1) is 5.82 Å². The van der Waals surface area contributed by atoms with Gasteiger partial charge in [0.05, 0.1) is 13.2 Å². The summed E-state index contributed by atoms with van der Waals surface area (Å²) in [6, 6.07) is 14.5. The molecule has 2 aromatic carbocycles. The van der Waals surface area contributed by atoms with Crippen LogP contribution in [0.4, 0.5) is 10.1 Å². The number of halogens is 1. The average Bonchev–Trinajstić information content (AvgIpc) is 2.46. The van der Waals surface area contributed by atoms with Crippen LogP contribution in [0.1, 0.15) is 24.9 Å². The molecule has 0 aliphatic heterocycles. The molecule has 0 aromatic heterocycles. The molecule has 2 aromatic rings. The molecule has 0 spiro atoms. The number of hydrogen-bond acceptors (Lipinski definition) is 2. The summed E-state index contributed by atoms with van der Waals surface area (Å²) in [5.41, 5.74) is 2.01. The lowest BCUT2D eigenvalue weighted by molar-refractivity contribution is 0.406. The van der Waals surface area contributed by atoms with Gasteiger partial charge in [0.15, 0.2) is 0 Å². The maximum Gasteiger partial charge on any atom is 0.124 e. The van der Waals surface area contributed by atoms with Crippen LogP contribution in [0.15, 0.2) is 48.5 Å². The van der Waals surface area contributed by atoms with E-state index >= 15 is 0 Å². The fourth-order valence-corrected chi connectivity index (χ4v) is 2.10. The molecule has 19 heavy (non-hydrogen) atoms. The Morgan fingerprint density at radius 2 is 1.79 bits per heavy atom. The van der Waals surface area contributed by atoms with Gasteiger partial charge in [-0.3, -0.25) is 0 Å². The van der Waals surface area contributed by atoms with Gasteiger partial charge in [0.25, 0.3) is 0 Å². The number of nitrogens with one attached hydrogen (secondary N) is 1. The monoisotopic (exact) mass is 259 g/mol. The zero-order chi connectivity index (χ0) is 13.7. The summed E-state index contributed by atoms with van der Waals surface area (Å²) in [5.74, 6) is 0.639. The Bertz CT molecular complexity index is 525. The summed E-state index contributed by atoms with van der Waals surface area (Å²) >= 11 is 0. The van der Waals surface area contributed by atoms with Crippen molar-refractivity contribution in [2.24, 2.45) is 0 Å². The van der Waals surface area contributed by atoms with Gasteiger partial charge in [-0.25, -0.2) is 4.39 Å². The molecule has 1 N–H and O–H groups in total. The van der Waals surface area contributed by atoms with Crippen molar-refractivity contribution >= 4 is 5.69 Å². The van der Waals surface area contributed by atoms with Crippen LogP contribution in [0.3, 0.4) is 0 Å². The summed E-state index contributed by atoms with van der Waals surface area (Å²) < 4.78 is 18.3. The van der Waals surface area contributed by atoms with Crippen LogP contribution in [0.5, 0.6) is 5.75 Å². The quantitative estimate of drug-likeness (QED) is 0.859. The van der Waals surface area contributed by atoms with Crippen LogP contribution in [0.25, 0.3) is 0 Å². The topological polar surface area (TPSA) is 21.3 Å². The highest BCUT2D eigenvalue weighted by Crippen LogP contribution is 2.29. The van der Waals surface area contributed by atoms with Gasteiger partial charge < -0.3 is 10.1 Å². The third kappa shape index (κ3) is 3.25. The van der Waals surface area contributed by atoms with Crippen LogP contribution in [0.2, 0.25) is 0 Å². The number of hydrogen-bond donors (Lipinski definition) is 1. The van der Waals surface area contributed by atoms with Gasteiger partial charge in [0, 0.05) is 11.3 Å². The second kappa shape index (κ2) is 6.23. The first-order valence-electron chi connectivity index (χ1n) is 6.39. The SMILES string of the molecule is CCC(Nc1ccc(F)cc1)c1ccccc1OC. The van der Waals surface area contributed by atoms with Crippen molar-refractivity contribution in [1.82, 2.24) is 0 Å². The van der Waals surface area contributed by atoms with Gasteiger partial charge in [-0.05, 0) is 36.8 Å². The first-order chi connectivity index (χ1) is 9.24. The maximum atomic E-state index is 12.9. The summed E-state index contributed by atoms with van der Waals surface area (Å²) in [7, 11) is 1.67. The Morgan fingerprint density at radius 3 is 2.42 bits per heavy atom. The van der Waals surface area contributed by atoms with Gasteiger partial charge in [0.1, 0.15) is 11.6 Å². The van der Waals surface area contributed by atoms with E-state index in [1.807, 2.05) is 24.3 Å². The number of methoxy groups -OCH3 is 1. The van der Waals surface area contributed by atoms with E-state index in [2.05, 4.69) is 12.2 Å². The van der Waals surface area contributed by atoms with Crippen LogP contribution in [-0.2, 0) is 0 Å². The highest BCUT2D eigenvalue weighted by Gasteiger charge is 2.13. The van der Waals surface area contributed by atoms with E-state index in [1.165, 1.54) is 12.1 Å². The predicted octanol–water partition coefficient (Wildman–Crippen LogP) is 4.40. The molecule has 0 heterocycles. The van der Waals surface area contributed by atoms with E-state index < -0.39 is 0 Å². The minimum atomic E-state index is -0.226. The minimum absolute atomic E-state index is 0.140. The van der Waals surface area contributed by atoms with Gasteiger partial charge in [-0.2, -0.15) is 0 Å². The molecule has 2 rings (SSSR count). The van der Waals surface area contributed by atoms with Crippen molar-refractivity contribution in [3.8, 4) is 5.75 Å². The smallest absolute Gasteiger partial charge is 0.124 e. The zero-order valence-corrected chi connectivity index (χ0v) is 11.2. The summed E-state index contributed by atoms with van der Waals surface area (Å²) in [4.78, 5) is 0. The third-order valence-electron chi connectivity index (χ3n) is 3.11. The van der Waals surface area contributed by atoms with Crippen LogP contribution in [-0.4, -0.2) is 7.11 Å². The first kappa shape index (κ1) is 13.4. The van der Waals surface area contributed by atoms with Crippen LogP contribution < -0.4 is 10.1 Å². The lowest BCUT2D eigenvalue weighted by atomic mass is 10.0. The molecule has 0 radical (unpaired) electrons. The van der Waals surface area contributed by atoms with Crippen molar-refractivity contribution in [3.63, 3.8) is 0 Å². The number of rotatable bonds is 5.